The second-order valence-electron chi connectivity index (χ2n) is 6.36. The van der Waals surface area contributed by atoms with Crippen molar-refractivity contribution in [3.8, 4) is 0 Å². The molecule has 1 aromatic heterocycles. The standard InChI is InChI=1S/C17H19N7O2/c1-17(2)11-6-4-5-7-12(11)23(3)13(17)8-9-21-22-16-14(24(25)26)15(18)19-10-20-16/h4-10H,1-3H3,(H3,18,19,20,22)/b13-8-,21-9+. The quantitative estimate of drug-likeness (QED) is 0.492. The number of para-hydroxylation sites is 1. The smallest absolute Gasteiger partial charge is 0.354 e. The largest absolute Gasteiger partial charge is 0.378 e. The lowest BCUT2D eigenvalue weighted by Gasteiger charge is -2.23. The Balaban J connectivity index is 1.84. The van der Waals surface area contributed by atoms with Crippen LogP contribution in [0.15, 0.2) is 47.5 Å². The molecule has 0 fully saturated rings. The van der Waals surface area contributed by atoms with E-state index >= 15 is 0 Å². The maximum atomic E-state index is 11.1. The highest BCUT2D eigenvalue weighted by molar-refractivity contribution is 5.80. The Kier molecular flexibility index (Phi) is 4.29. The molecule has 1 aliphatic heterocycles. The maximum Gasteiger partial charge on any atom is 0.354 e. The van der Waals surface area contributed by atoms with Crippen LogP contribution in [0.4, 0.5) is 23.0 Å². The second-order valence-corrected chi connectivity index (χ2v) is 6.36. The highest BCUT2D eigenvalue weighted by Gasteiger charge is 2.37. The van der Waals surface area contributed by atoms with E-state index in [0.29, 0.717) is 0 Å². The van der Waals surface area contributed by atoms with Crippen LogP contribution in [0.3, 0.4) is 0 Å². The first kappa shape index (κ1) is 17.3. The number of nitrogen functional groups attached to an aromatic ring is 1. The van der Waals surface area contributed by atoms with E-state index in [-0.39, 0.29) is 17.1 Å². The first-order valence-corrected chi connectivity index (χ1v) is 7.92. The molecular weight excluding hydrogens is 334 g/mol. The lowest BCUT2D eigenvalue weighted by Crippen LogP contribution is -2.23. The summed E-state index contributed by atoms with van der Waals surface area (Å²) in [4.78, 5) is 20.0. The fourth-order valence-electron chi connectivity index (χ4n) is 3.16. The van der Waals surface area contributed by atoms with Crippen molar-refractivity contribution in [3.63, 3.8) is 0 Å². The van der Waals surface area contributed by atoms with E-state index in [1.165, 1.54) is 5.56 Å². The van der Waals surface area contributed by atoms with Crippen molar-refractivity contribution in [1.29, 1.82) is 0 Å². The van der Waals surface area contributed by atoms with E-state index in [4.69, 9.17) is 5.73 Å². The number of likely N-dealkylation sites (N-methyl/N-ethyl adjacent to an activating group) is 1. The molecule has 2 aromatic rings. The summed E-state index contributed by atoms with van der Waals surface area (Å²) in [6.45, 7) is 4.27. The van der Waals surface area contributed by atoms with E-state index in [0.717, 1.165) is 17.7 Å². The van der Waals surface area contributed by atoms with Gasteiger partial charge < -0.3 is 10.6 Å². The predicted octanol–water partition coefficient (Wildman–Crippen LogP) is 2.68. The number of rotatable bonds is 4. The van der Waals surface area contributed by atoms with Crippen molar-refractivity contribution in [2.45, 2.75) is 19.3 Å². The van der Waals surface area contributed by atoms with Gasteiger partial charge in [0.15, 0.2) is 0 Å². The molecule has 134 valence electrons. The molecule has 3 rings (SSSR count). The lowest BCUT2D eigenvalue weighted by atomic mass is 9.84. The zero-order valence-corrected chi connectivity index (χ0v) is 14.7. The number of nitrogens with zero attached hydrogens (tertiary/aromatic N) is 5. The SMILES string of the molecule is CN1/C(=C\C=N\Nc2ncnc(N)c2[N+](=O)[O-])C(C)(C)c2ccccc21. The molecule has 0 aliphatic carbocycles. The van der Waals surface area contributed by atoms with Crippen LogP contribution in [0.2, 0.25) is 0 Å². The number of hydrazone groups is 1. The summed E-state index contributed by atoms with van der Waals surface area (Å²) in [5, 5.41) is 15.1. The average molecular weight is 353 g/mol. The van der Waals surface area contributed by atoms with Crippen molar-refractivity contribution < 1.29 is 4.92 Å². The van der Waals surface area contributed by atoms with Crippen LogP contribution in [-0.4, -0.2) is 28.2 Å². The number of hydrogen-bond donors (Lipinski definition) is 2. The molecule has 0 unspecified atom stereocenters. The van der Waals surface area contributed by atoms with Crippen molar-refractivity contribution in [2.24, 2.45) is 5.10 Å². The number of benzene rings is 1. The van der Waals surface area contributed by atoms with E-state index in [9.17, 15) is 10.1 Å². The summed E-state index contributed by atoms with van der Waals surface area (Å²) in [6, 6.07) is 8.20. The summed E-state index contributed by atoms with van der Waals surface area (Å²) in [5.74, 6) is -0.271. The van der Waals surface area contributed by atoms with Gasteiger partial charge in [0.1, 0.15) is 6.33 Å². The fourth-order valence-corrected chi connectivity index (χ4v) is 3.16. The summed E-state index contributed by atoms with van der Waals surface area (Å²) >= 11 is 0. The molecule has 0 amide bonds. The van der Waals surface area contributed by atoms with Gasteiger partial charge >= 0.3 is 5.69 Å². The highest BCUT2D eigenvalue weighted by atomic mass is 16.6. The van der Waals surface area contributed by atoms with Crippen molar-refractivity contribution in [3.05, 3.63) is 58.0 Å². The van der Waals surface area contributed by atoms with Gasteiger partial charge in [-0.2, -0.15) is 5.10 Å². The van der Waals surface area contributed by atoms with Gasteiger partial charge in [-0.05, 0) is 17.7 Å². The number of aromatic nitrogens is 2. The van der Waals surface area contributed by atoms with Gasteiger partial charge in [-0.1, -0.05) is 32.0 Å². The minimum Gasteiger partial charge on any atom is -0.378 e. The first-order valence-electron chi connectivity index (χ1n) is 7.92. The summed E-state index contributed by atoms with van der Waals surface area (Å²) in [7, 11) is 2.00. The second kappa shape index (κ2) is 6.43. The Bertz CT molecular complexity index is 921. The van der Waals surface area contributed by atoms with Gasteiger partial charge in [-0.3, -0.25) is 15.5 Å². The van der Waals surface area contributed by atoms with Crippen LogP contribution in [-0.2, 0) is 5.41 Å². The summed E-state index contributed by atoms with van der Waals surface area (Å²) in [5.41, 5.74) is 10.9. The normalized spacial score (nSPS) is 16.9. The molecule has 9 heteroatoms. The minimum atomic E-state index is -0.643. The van der Waals surface area contributed by atoms with Crippen LogP contribution >= 0.6 is 0 Å². The predicted molar refractivity (Wildman–Crippen MR) is 101 cm³/mol. The van der Waals surface area contributed by atoms with Crippen molar-refractivity contribution in [1.82, 2.24) is 9.97 Å². The Hall–Kier alpha value is -3.49. The fraction of sp³-hybridized carbons (Fsp3) is 0.235. The van der Waals surface area contributed by atoms with Crippen LogP contribution in [0.5, 0.6) is 0 Å². The molecule has 0 saturated carbocycles. The molecule has 0 radical (unpaired) electrons. The third-order valence-corrected chi connectivity index (χ3v) is 4.45. The average Bonchev–Trinajstić information content (AvgIpc) is 2.79. The molecule has 0 saturated heterocycles. The minimum absolute atomic E-state index is 0.0560. The van der Waals surface area contributed by atoms with Gasteiger partial charge in [0.05, 0.1) is 4.92 Å². The molecule has 1 aromatic carbocycles. The highest BCUT2D eigenvalue weighted by Crippen LogP contribution is 2.46. The Morgan fingerprint density at radius 2 is 2.08 bits per heavy atom. The summed E-state index contributed by atoms with van der Waals surface area (Å²) < 4.78 is 0. The van der Waals surface area contributed by atoms with Gasteiger partial charge in [0.25, 0.3) is 0 Å². The number of nitrogens with one attached hydrogen (secondary N) is 1. The Morgan fingerprint density at radius 1 is 1.35 bits per heavy atom. The molecule has 26 heavy (non-hydrogen) atoms. The van der Waals surface area contributed by atoms with Crippen LogP contribution in [0, 0.1) is 10.1 Å². The van der Waals surface area contributed by atoms with E-state index in [2.05, 4.69) is 51.4 Å². The molecule has 0 atom stereocenters. The van der Waals surface area contributed by atoms with Gasteiger partial charge in [0, 0.05) is 30.1 Å². The Labute approximate surface area is 150 Å². The number of hydrogen-bond acceptors (Lipinski definition) is 8. The summed E-state index contributed by atoms with van der Waals surface area (Å²) in [6.07, 6.45) is 4.55. The maximum absolute atomic E-state index is 11.1. The molecule has 0 spiro atoms. The van der Waals surface area contributed by atoms with Crippen LogP contribution < -0.4 is 16.1 Å². The molecule has 0 bridgehead atoms. The molecule has 3 N–H and O–H groups in total. The van der Waals surface area contributed by atoms with Crippen LogP contribution in [0.1, 0.15) is 19.4 Å². The topological polar surface area (TPSA) is 123 Å². The van der Waals surface area contributed by atoms with Crippen LogP contribution in [0.25, 0.3) is 0 Å². The Morgan fingerprint density at radius 3 is 2.77 bits per heavy atom. The van der Waals surface area contributed by atoms with E-state index in [1.54, 1.807) is 6.21 Å². The van der Waals surface area contributed by atoms with Crippen molar-refractivity contribution in [2.75, 3.05) is 23.1 Å². The molecule has 2 heterocycles. The van der Waals surface area contributed by atoms with Gasteiger partial charge in [0.2, 0.25) is 11.6 Å². The number of nitrogens with two attached hydrogens (primary N) is 1. The number of fused-ring (bicyclic) bond motifs is 1. The molecule has 1 aliphatic rings. The van der Waals surface area contributed by atoms with Gasteiger partial charge in [-0.25, -0.2) is 9.97 Å². The number of allylic oxidation sites excluding steroid dienone is 2. The van der Waals surface area contributed by atoms with E-state index < -0.39 is 10.6 Å². The molecular formula is C17H19N7O2. The third kappa shape index (κ3) is 2.83. The zero-order chi connectivity index (χ0) is 18.9. The van der Waals surface area contributed by atoms with Crippen molar-refractivity contribution >= 4 is 29.2 Å². The number of nitro groups is 1. The van der Waals surface area contributed by atoms with Gasteiger partial charge in [-0.15, -0.1) is 0 Å². The number of anilines is 3. The van der Waals surface area contributed by atoms with E-state index in [1.807, 2.05) is 25.3 Å². The monoisotopic (exact) mass is 353 g/mol. The third-order valence-electron chi connectivity index (χ3n) is 4.45. The first-order chi connectivity index (χ1) is 12.3. The zero-order valence-electron chi connectivity index (χ0n) is 14.7. The lowest BCUT2D eigenvalue weighted by molar-refractivity contribution is -0.383. The molecule has 9 nitrogen and oxygen atoms in total.